The number of rotatable bonds is 6. The first kappa shape index (κ1) is 18.0. The van der Waals surface area contributed by atoms with Crippen LogP contribution in [0.1, 0.15) is 5.56 Å². The van der Waals surface area contributed by atoms with E-state index in [0.29, 0.717) is 19.0 Å². The Bertz CT molecular complexity index is 987. The third kappa shape index (κ3) is 3.83. The molecule has 0 saturated heterocycles. The maximum absolute atomic E-state index is 12.2. The van der Waals surface area contributed by atoms with Crippen LogP contribution in [0.2, 0.25) is 0 Å². The van der Waals surface area contributed by atoms with Crippen LogP contribution in [0.3, 0.4) is 0 Å². The van der Waals surface area contributed by atoms with Crippen molar-refractivity contribution in [2.24, 2.45) is 5.92 Å². The number of benzene rings is 2. The quantitative estimate of drug-likeness (QED) is 0.708. The zero-order chi connectivity index (χ0) is 19.3. The molecular formula is C21H21N3O4. The largest absolute Gasteiger partial charge is 0.493 e. The number of hydrogen-bond donors (Lipinski definition) is 1. The van der Waals surface area contributed by atoms with E-state index in [4.69, 9.17) is 14.2 Å². The number of fused-ring (bicyclic) bond motifs is 2. The topological polar surface area (TPSA) is 82.6 Å². The van der Waals surface area contributed by atoms with Crippen molar-refractivity contribution in [1.29, 1.82) is 0 Å². The van der Waals surface area contributed by atoms with E-state index in [2.05, 4.69) is 15.3 Å². The van der Waals surface area contributed by atoms with Crippen molar-refractivity contribution < 1.29 is 19.0 Å². The van der Waals surface area contributed by atoms with Crippen LogP contribution >= 0.6 is 0 Å². The minimum atomic E-state index is -0.195. The fourth-order valence-electron chi connectivity index (χ4n) is 3.29. The molecule has 1 atom stereocenters. The first-order chi connectivity index (χ1) is 13.7. The Kier molecular flexibility index (Phi) is 5.23. The second-order valence-corrected chi connectivity index (χ2v) is 6.62. The molecule has 28 heavy (non-hydrogen) atoms. The smallest absolute Gasteiger partial charge is 0.258 e. The SMILES string of the molecule is COc1cccc2c1OC[C@@H](CNC(=O)COc1ncnc3ccccc13)C2. The molecule has 2 aromatic carbocycles. The molecule has 0 fully saturated rings. The van der Waals surface area contributed by atoms with Crippen molar-refractivity contribution in [1.82, 2.24) is 15.3 Å². The van der Waals surface area contributed by atoms with Crippen LogP contribution < -0.4 is 19.5 Å². The Morgan fingerprint density at radius 2 is 2.11 bits per heavy atom. The zero-order valence-corrected chi connectivity index (χ0v) is 15.6. The number of carbonyl (C=O) groups is 1. The van der Waals surface area contributed by atoms with Crippen molar-refractivity contribution in [3.63, 3.8) is 0 Å². The van der Waals surface area contributed by atoms with Crippen molar-refractivity contribution >= 4 is 16.8 Å². The van der Waals surface area contributed by atoms with E-state index in [1.165, 1.54) is 6.33 Å². The van der Waals surface area contributed by atoms with Gasteiger partial charge in [-0.05, 0) is 30.2 Å². The highest BCUT2D eigenvalue weighted by Crippen LogP contribution is 2.35. The number of amides is 1. The molecule has 0 aliphatic carbocycles. The second-order valence-electron chi connectivity index (χ2n) is 6.62. The summed E-state index contributed by atoms with van der Waals surface area (Å²) in [6.45, 7) is 0.952. The molecular weight excluding hydrogens is 358 g/mol. The number of hydrogen-bond acceptors (Lipinski definition) is 6. The third-order valence-electron chi connectivity index (χ3n) is 4.69. The summed E-state index contributed by atoms with van der Waals surface area (Å²) in [6, 6.07) is 13.4. The first-order valence-electron chi connectivity index (χ1n) is 9.12. The monoisotopic (exact) mass is 379 g/mol. The Balaban J connectivity index is 1.30. The van der Waals surface area contributed by atoms with Crippen LogP contribution in [0, 0.1) is 5.92 Å². The fourth-order valence-corrected chi connectivity index (χ4v) is 3.29. The molecule has 1 N–H and O–H groups in total. The molecule has 7 nitrogen and oxygen atoms in total. The van der Waals surface area contributed by atoms with E-state index < -0.39 is 0 Å². The van der Waals surface area contributed by atoms with Gasteiger partial charge in [-0.3, -0.25) is 4.79 Å². The molecule has 0 unspecified atom stereocenters. The number of ether oxygens (including phenoxy) is 3. The van der Waals surface area contributed by atoms with Gasteiger partial charge in [-0.15, -0.1) is 0 Å². The van der Waals surface area contributed by atoms with Crippen molar-refractivity contribution in [2.45, 2.75) is 6.42 Å². The standard InChI is InChI=1S/C21H21N3O4/c1-26-18-8-4-5-15-9-14(11-27-20(15)18)10-22-19(25)12-28-21-16-6-2-3-7-17(16)23-13-24-21/h2-8,13-14H,9-12H2,1H3,(H,22,25)/t14-/m1/s1. The number of nitrogens with zero attached hydrogens (tertiary/aromatic N) is 2. The molecule has 1 aromatic heterocycles. The number of nitrogens with one attached hydrogen (secondary N) is 1. The van der Waals surface area contributed by atoms with E-state index in [1.807, 2.05) is 42.5 Å². The summed E-state index contributed by atoms with van der Waals surface area (Å²) < 4.78 is 16.8. The lowest BCUT2D eigenvalue weighted by atomic mass is 9.96. The van der Waals surface area contributed by atoms with Gasteiger partial charge in [0.1, 0.15) is 6.33 Å². The van der Waals surface area contributed by atoms with E-state index >= 15 is 0 Å². The number of carbonyl (C=O) groups excluding carboxylic acids is 1. The number of para-hydroxylation sites is 2. The third-order valence-corrected chi connectivity index (χ3v) is 4.69. The number of methoxy groups -OCH3 is 1. The van der Waals surface area contributed by atoms with Gasteiger partial charge in [0.2, 0.25) is 5.88 Å². The normalized spacial score (nSPS) is 15.4. The van der Waals surface area contributed by atoms with Gasteiger partial charge in [-0.1, -0.05) is 24.3 Å². The molecule has 1 amide bonds. The highest BCUT2D eigenvalue weighted by molar-refractivity contribution is 5.84. The van der Waals surface area contributed by atoms with Crippen LogP contribution in [-0.4, -0.2) is 42.7 Å². The van der Waals surface area contributed by atoms with Crippen LogP contribution in [0.5, 0.6) is 17.4 Å². The summed E-state index contributed by atoms with van der Waals surface area (Å²) in [6.07, 6.45) is 2.25. The summed E-state index contributed by atoms with van der Waals surface area (Å²) in [5, 5.41) is 3.69. The van der Waals surface area contributed by atoms with Gasteiger partial charge in [-0.25, -0.2) is 9.97 Å². The molecule has 0 saturated carbocycles. The van der Waals surface area contributed by atoms with Gasteiger partial charge >= 0.3 is 0 Å². The average molecular weight is 379 g/mol. The minimum Gasteiger partial charge on any atom is -0.493 e. The predicted molar refractivity (Wildman–Crippen MR) is 104 cm³/mol. The van der Waals surface area contributed by atoms with E-state index in [0.717, 1.165) is 34.4 Å². The molecule has 4 rings (SSSR count). The Hall–Kier alpha value is -3.35. The maximum atomic E-state index is 12.2. The average Bonchev–Trinajstić information content (AvgIpc) is 2.75. The van der Waals surface area contributed by atoms with Gasteiger partial charge in [0.05, 0.1) is 24.6 Å². The van der Waals surface area contributed by atoms with Gasteiger partial charge in [0.25, 0.3) is 5.91 Å². The van der Waals surface area contributed by atoms with Gasteiger partial charge in [0, 0.05) is 12.5 Å². The summed E-state index contributed by atoms with van der Waals surface area (Å²) in [5.41, 5.74) is 1.87. The minimum absolute atomic E-state index is 0.0982. The van der Waals surface area contributed by atoms with Crippen LogP contribution in [0.25, 0.3) is 10.9 Å². The maximum Gasteiger partial charge on any atom is 0.258 e. The molecule has 0 radical (unpaired) electrons. The molecule has 144 valence electrons. The zero-order valence-electron chi connectivity index (χ0n) is 15.6. The lowest BCUT2D eigenvalue weighted by molar-refractivity contribution is -0.123. The van der Waals surface area contributed by atoms with Crippen LogP contribution in [-0.2, 0) is 11.2 Å². The molecule has 0 spiro atoms. The molecule has 2 heterocycles. The Labute approximate surface area is 162 Å². The van der Waals surface area contributed by atoms with Gasteiger partial charge < -0.3 is 19.5 Å². The van der Waals surface area contributed by atoms with Crippen LogP contribution in [0.4, 0.5) is 0 Å². The van der Waals surface area contributed by atoms with Crippen molar-refractivity contribution in [3.8, 4) is 17.4 Å². The summed E-state index contributed by atoms with van der Waals surface area (Å²) in [5.74, 6) is 1.95. The predicted octanol–water partition coefficient (Wildman–Crippen LogP) is 2.38. The van der Waals surface area contributed by atoms with Crippen LogP contribution in [0.15, 0.2) is 48.8 Å². The molecule has 1 aliphatic heterocycles. The molecule has 1 aliphatic rings. The Morgan fingerprint density at radius 3 is 3.00 bits per heavy atom. The highest BCUT2D eigenvalue weighted by Gasteiger charge is 2.23. The highest BCUT2D eigenvalue weighted by atomic mass is 16.5. The summed E-state index contributed by atoms with van der Waals surface area (Å²) in [7, 11) is 1.63. The van der Waals surface area contributed by atoms with E-state index in [-0.39, 0.29) is 18.4 Å². The number of aromatic nitrogens is 2. The van der Waals surface area contributed by atoms with Gasteiger partial charge in [-0.2, -0.15) is 0 Å². The fraction of sp³-hybridized carbons (Fsp3) is 0.286. The van der Waals surface area contributed by atoms with Crippen molar-refractivity contribution in [3.05, 3.63) is 54.4 Å². The van der Waals surface area contributed by atoms with E-state index in [9.17, 15) is 4.79 Å². The lowest BCUT2D eigenvalue weighted by Crippen LogP contribution is -2.37. The first-order valence-corrected chi connectivity index (χ1v) is 9.12. The lowest BCUT2D eigenvalue weighted by Gasteiger charge is -2.26. The van der Waals surface area contributed by atoms with E-state index in [1.54, 1.807) is 7.11 Å². The molecule has 3 aromatic rings. The van der Waals surface area contributed by atoms with Gasteiger partial charge in [0.15, 0.2) is 18.1 Å². The molecule has 0 bridgehead atoms. The molecule has 7 heteroatoms. The Morgan fingerprint density at radius 1 is 1.21 bits per heavy atom. The second kappa shape index (κ2) is 8.12. The summed E-state index contributed by atoms with van der Waals surface area (Å²) >= 11 is 0. The van der Waals surface area contributed by atoms with Crippen molar-refractivity contribution in [2.75, 3.05) is 26.9 Å². The summed E-state index contributed by atoms with van der Waals surface area (Å²) in [4.78, 5) is 20.5.